The van der Waals surface area contributed by atoms with E-state index in [1.165, 1.54) is 17.7 Å². The third kappa shape index (κ3) is 2.45. The lowest BCUT2D eigenvalue weighted by molar-refractivity contribution is 0.319. The maximum atomic E-state index is 4.32. The summed E-state index contributed by atoms with van der Waals surface area (Å²) in [6, 6.07) is 0.833. The van der Waals surface area contributed by atoms with Gasteiger partial charge < -0.3 is 5.32 Å². The predicted octanol–water partition coefficient (Wildman–Crippen LogP) is 2.17. The first-order valence-corrected chi connectivity index (χ1v) is 6.00. The van der Waals surface area contributed by atoms with Crippen molar-refractivity contribution < 1.29 is 0 Å². The highest BCUT2D eigenvalue weighted by Gasteiger charge is 2.26. The summed E-state index contributed by atoms with van der Waals surface area (Å²) in [5.41, 5.74) is 0. The SMILES string of the molecule is CCNc1ncc(CN(C)C2CC2)s1. The second kappa shape index (κ2) is 4.28. The number of nitrogens with zero attached hydrogens (tertiary/aromatic N) is 2. The Morgan fingerprint density at radius 1 is 1.64 bits per heavy atom. The molecule has 0 atom stereocenters. The van der Waals surface area contributed by atoms with Crippen LogP contribution in [0.1, 0.15) is 24.6 Å². The summed E-state index contributed by atoms with van der Waals surface area (Å²) < 4.78 is 0. The Labute approximate surface area is 89.1 Å². The molecule has 0 radical (unpaired) electrons. The predicted molar refractivity (Wildman–Crippen MR) is 60.8 cm³/mol. The molecule has 4 heteroatoms. The van der Waals surface area contributed by atoms with Crippen molar-refractivity contribution in [2.45, 2.75) is 32.4 Å². The molecule has 1 saturated carbocycles. The van der Waals surface area contributed by atoms with Crippen LogP contribution in [-0.4, -0.2) is 29.5 Å². The Balaban J connectivity index is 1.88. The van der Waals surface area contributed by atoms with Crippen molar-refractivity contribution in [2.75, 3.05) is 18.9 Å². The molecule has 1 fully saturated rings. The van der Waals surface area contributed by atoms with Crippen LogP contribution in [-0.2, 0) is 6.54 Å². The van der Waals surface area contributed by atoms with Gasteiger partial charge in [-0.2, -0.15) is 0 Å². The number of rotatable bonds is 5. The Morgan fingerprint density at radius 3 is 3.07 bits per heavy atom. The standard InChI is InChI=1S/C10H17N3S/c1-3-11-10-12-6-9(14-10)7-13(2)8-4-5-8/h6,8H,3-5,7H2,1-2H3,(H,11,12). The second-order valence-corrected chi connectivity index (χ2v) is 4.92. The Morgan fingerprint density at radius 2 is 2.43 bits per heavy atom. The van der Waals surface area contributed by atoms with E-state index < -0.39 is 0 Å². The van der Waals surface area contributed by atoms with E-state index in [1.807, 2.05) is 6.20 Å². The first-order chi connectivity index (χ1) is 6.79. The molecule has 0 spiro atoms. The molecule has 0 amide bonds. The molecule has 1 aromatic heterocycles. The number of hydrogen-bond donors (Lipinski definition) is 1. The van der Waals surface area contributed by atoms with Crippen LogP contribution in [0.15, 0.2) is 6.20 Å². The Hall–Kier alpha value is -0.610. The van der Waals surface area contributed by atoms with Crippen LogP contribution < -0.4 is 5.32 Å². The molecule has 2 rings (SSSR count). The van der Waals surface area contributed by atoms with Crippen LogP contribution in [0, 0.1) is 0 Å². The summed E-state index contributed by atoms with van der Waals surface area (Å²) in [6.07, 6.45) is 4.73. The number of thiazole rings is 1. The van der Waals surface area contributed by atoms with E-state index in [2.05, 4.69) is 29.2 Å². The number of anilines is 1. The molecule has 1 aliphatic carbocycles. The van der Waals surface area contributed by atoms with Gasteiger partial charge in [-0.15, -0.1) is 11.3 Å². The average molecular weight is 211 g/mol. The van der Waals surface area contributed by atoms with E-state index in [0.717, 1.165) is 24.3 Å². The monoisotopic (exact) mass is 211 g/mol. The third-order valence-electron chi connectivity index (χ3n) is 2.46. The lowest BCUT2D eigenvalue weighted by atomic mass is 10.4. The van der Waals surface area contributed by atoms with E-state index in [1.54, 1.807) is 11.3 Å². The van der Waals surface area contributed by atoms with Crippen LogP contribution in [0.2, 0.25) is 0 Å². The molecule has 0 unspecified atom stereocenters. The summed E-state index contributed by atoms with van der Waals surface area (Å²) in [7, 11) is 2.20. The highest BCUT2D eigenvalue weighted by atomic mass is 32.1. The molecule has 1 N–H and O–H groups in total. The van der Waals surface area contributed by atoms with Crippen LogP contribution in [0.25, 0.3) is 0 Å². The fraction of sp³-hybridized carbons (Fsp3) is 0.700. The molecular formula is C10H17N3S. The van der Waals surface area contributed by atoms with Gasteiger partial charge in [0.2, 0.25) is 0 Å². The van der Waals surface area contributed by atoms with Crippen LogP contribution >= 0.6 is 11.3 Å². The van der Waals surface area contributed by atoms with Gasteiger partial charge in [-0.1, -0.05) is 0 Å². The molecule has 0 aliphatic heterocycles. The zero-order valence-electron chi connectivity index (χ0n) is 8.79. The molecule has 1 aromatic rings. The van der Waals surface area contributed by atoms with Crippen molar-refractivity contribution in [1.29, 1.82) is 0 Å². The van der Waals surface area contributed by atoms with Gasteiger partial charge >= 0.3 is 0 Å². The van der Waals surface area contributed by atoms with Crippen molar-refractivity contribution in [3.63, 3.8) is 0 Å². The molecule has 1 heterocycles. The maximum absolute atomic E-state index is 4.32. The fourth-order valence-corrected chi connectivity index (χ4v) is 2.45. The van der Waals surface area contributed by atoms with Gasteiger partial charge in [-0.05, 0) is 26.8 Å². The summed E-state index contributed by atoms with van der Waals surface area (Å²) in [5.74, 6) is 0. The largest absolute Gasteiger partial charge is 0.362 e. The van der Waals surface area contributed by atoms with Crippen molar-refractivity contribution in [2.24, 2.45) is 0 Å². The van der Waals surface area contributed by atoms with Crippen molar-refractivity contribution in [1.82, 2.24) is 9.88 Å². The lowest BCUT2D eigenvalue weighted by Gasteiger charge is -2.13. The van der Waals surface area contributed by atoms with Crippen LogP contribution in [0.3, 0.4) is 0 Å². The molecule has 0 saturated heterocycles. The van der Waals surface area contributed by atoms with Gasteiger partial charge in [0.05, 0.1) is 0 Å². The van der Waals surface area contributed by atoms with Gasteiger partial charge in [0.25, 0.3) is 0 Å². The molecular weight excluding hydrogens is 194 g/mol. The smallest absolute Gasteiger partial charge is 0.182 e. The van der Waals surface area contributed by atoms with E-state index in [4.69, 9.17) is 0 Å². The van der Waals surface area contributed by atoms with Crippen molar-refractivity contribution in [3.8, 4) is 0 Å². The topological polar surface area (TPSA) is 28.2 Å². The average Bonchev–Trinajstić information content (AvgIpc) is 2.92. The number of hydrogen-bond acceptors (Lipinski definition) is 4. The van der Waals surface area contributed by atoms with E-state index in [0.29, 0.717) is 0 Å². The zero-order chi connectivity index (χ0) is 9.97. The summed E-state index contributed by atoms with van der Waals surface area (Å²) in [5, 5.41) is 4.28. The molecule has 3 nitrogen and oxygen atoms in total. The van der Waals surface area contributed by atoms with E-state index in [9.17, 15) is 0 Å². The highest BCUT2D eigenvalue weighted by Crippen LogP contribution is 2.28. The number of aromatic nitrogens is 1. The first kappa shape index (κ1) is 9.93. The van der Waals surface area contributed by atoms with Gasteiger partial charge in [-0.3, -0.25) is 4.90 Å². The molecule has 0 bridgehead atoms. The molecule has 0 aromatic carbocycles. The Bertz CT molecular complexity index is 293. The van der Waals surface area contributed by atoms with Gasteiger partial charge in [-0.25, -0.2) is 4.98 Å². The first-order valence-electron chi connectivity index (χ1n) is 5.18. The van der Waals surface area contributed by atoms with E-state index in [-0.39, 0.29) is 0 Å². The summed E-state index contributed by atoms with van der Waals surface area (Å²) in [6.45, 7) is 4.09. The van der Waals surface area contributed by atoms with Crippen molar-refractivity contribution in [3.05, 3.63) is 11.1 Å². The second-order valence-electron chi connectivity index (χ2n) is 3.81. The minimum Gasteiger partial charge on any atom is -0.362 e. The van der Waals surface area contributed by atoms with Crippen LogP contribution in [0.4, 0.5) is 5.13 Å². The summed E-state index contributed by atoms with van der Waals surface area (Å²) >= 11 is 1.77. The minimum atomic E-state index is 0.833. The minimum absolute atomic E-state index is 0.833. The summed E-state index contributed by atoms with van der Waals surface area (Å²) in [4.78, 5) is 8.10. The fourth-order valence-electron chi connectivity index (χ4n) is 1.50. The Kier molecular flexibility index (Phi) is 3.03. The highest BCUT2D eigenvalue weighted by molar-refractivity contribution is 7.15. The van der Waals surface area contributed by atoms with Crippen molar-refractivity contribution >= 4 is 16.5 Å². The van der Waals surface area contributed by atoms with E-state index >= 15 is 0 Å². The third-order valence-corrected chi connectivity index (χ3v) is 3.40. The normalized spacial score (nSPS) is 16.2. The molecule has 1 aliphatic rings. The lowest BCUT2D eigenvalue weighted by Crippen LogP contribution is -2.19. The zero-order valence-corrected chi connectivity index (χ0v) is 9.60. The molecule has 14 heavy (non-hydrogen) atoms. The number of nitrogens with one attached hydrogen (secondary N) is 1. The molecule has 78 valence electrons. The van der Waals surface area contributed by atoms with Gasteiger partial charge in [0.1, 0.15) is 0 Å². The van der Waals surface area contributed by atoms with Gasteiger partial charge in [0, 0.05) is 30.2 Å². The van der Waals surface area contributed by atoms with Crippen LogP contribution in [0.5, 0.6) is 0 Å². The van der Waals surface area contributed by atoms with Gasteiger partial charge in [0.15, 0.2) is 5.13 Å². The quantitative estimate of drug-likeness (QED) is 0.809. The maximum Gasteiger partial charge on any atom is 0.182 e.